The lowest BCUT2D eigenvalue weighted by Gasteiger charge is -2.18. The summed E-state index contributed by atoms with van der Waals surface area (Å²) in [6, 6.07) is 5.91. The summed E-state index contributed by atoms with van der Waals surface area (Å²) < 4.78 is 20.0. The van der Waals surface area contributed by atoms with Crippen LogP contribution in [0.1, 0.15) is 16.1 Å². The number of ether oxygens (including phenoxy) is 1. The Morgan fingerprint density at radius 3 is 2.83 bits per heavy atom. The molecule has 1 aromatic heterocycles. The predicted octanol–water partition coefficient (Wildman–Crippen LogP) is 1.04. The summed E-state index contributed by atoms with van der Waals surface area (Å²) in [6.45, 7) is 3.20. The van der Waals surface area contributed by atoms with Crippen molar-refractivity contribution in [1.29, 1.82) is 0 Å². The molecule has 1 unspecified atom stereocenters. The molecule has 0 saturated carbocycles. The Morgan fingerprint density at radius 2 is 2.13 bits per heavy atom. The first-order valence-electron chi connectivity index (χ1n) is 7.45. The van der Waals surface area contributed by atoms with E-state index < -0.39 is 0 Å². The maximum absolute atomic E-state index is 13.0. The van der Waals surface area contributed by atoms with Gasteiger partial charge in [0.05, 0.1) is 35.3 Å². The summed E-state index contributed by atoms with van der Waals surface area (Å²) >= 11 is 0. The van der Waals surface area contributed by atoms with Crippen LogP contribution >= 0.6 is 0 Å². The number of carbonyl (C=O) groups is 1. The van der Waals surface area contributed by atoms with Crippen molar-refractivity contribution in [3.8, 4) is 5.69 Å². The molecule has 2 aromatic rings. The van der Waals surface area contributed by atoms with E-state index in [-0.39, 0.29) is 23.9 Å². The van der Waals surface area contributed by atoms with Gasteiger partial charge < -0.3 is 15.4 Å². The summed E-state index contributed by atoms with van der Waals surface area (Å²) in [5.41, 5.74) is 1.91. The van der Waals surface area contributed by atoms with E-state index in [1.807, 2.05) is 6.92 Å². The molecule has 1 aliphatic heterocycles. The number of methoxy groups -OCH3 is 1. The van der Waals surface area contributed by atoms with Gasteiger partial charge in [0.1, 0.15) is 5.82 Å². The second kappa shape index (κ2) is 6.47. The molecule has 0 bridgehead atoms. The van der Waals surface area contributed by atoms with Crippen molar-refractivity contribution in [2.24, 2.45) is 0 Å². The van der Waals surface area contributed by atoms with Gasteiger partial charge in [0.2, 0.25) is 0 Å². The molecule has 122 valence electrons. The number of nitrogens with zero attached hydrogens (tertiary/aromatic N) is 2. The topological polar surface area (TPSA) is 68.2 Å². The van der Waals surface area contributed by atoms with Crippen LogP contribution < -0.4 is 10.6 Å². The average Bonchev–Trinajstić information content (AvgIpc) is 3.14. The Morgan fingerprint density at radius 1 is 1.39 bits per heavy atom. The Kier molecular flexibility index (Phi) is 4.40. The fraction of sp³-hybridized carbons (Fsp3) is 0.375. The van der Waals surface area contributed by atoms with Gasteiger partial charge in [-0.2, -0.15) is 5.10 Å². The molecular weight excluding hydrogens is 299 g/mol. The van der Waals surface area contributed by atoms with Gasteiger partial charge in [0.15, 0.2) is 0 Å². The molecule has 1 amide bonds. The SMILES string of the molecule is CO[C@H]1CNCC1NC(=O)c1cnn(-c2ccc(F)cc2)c1C. The summed E-state index contributed by atoms with van der Waals surface area (Å²) in [7, 11) is 1.63. The Bertz CT molecular complexity index is 699. The van der Waals surface area contributed by atoms with E-state index in [0.29, 0.717) is 23.5 Å². The van der Waals surface area contributed by atoms with Crippen LogP contribution in [0, 0.1) is 12.7 Å². The van der Waals surface area contributed by atoms with Crippen molar-refractivity contribution >= 4 is 5.91 Å². The highest BCUT2D eigenvalue weighted by Crippen LogP contribution is 2.15. The summed E-state index contributed by atoms with van der Waals surface area (Å²) in [6.07, 6.45) is 1.49. The fourth-order valence-corrected chi connectivity index (χ4v) is 2.77. The van der Waals surface area contributed by atoms with Crippen LogP contribution in [0.15, 0.2) is 30.5 Å². The van der Waals surface area contributed by atoms with Crippen molar-refractivity contribution in [1.82, 2.24) is 20.4 Å². The number of benzene rings is 1. The zero-order valence-corrected chi connectivity index (χ0v) is 13.0. The van der Waals surface area contributed by atoms with Gasteiger partial charge in [-0.05, 0) is 31.2 Å². The molecule has 1 fully saturated rings. The van der Waals surface area contributed by atoms with Crippen LogP contribution in [0.3, 0.4) is 0 Å². The minimum atomic E-state index is -0.309. The van der Waals surface area contributed by atoms with Crippen molar-refractivity contribution in [2.45, 2.75) is 19.1 Å². The number of halogens is 1. The van der Waals surface area contributed by atoms with Crippen LogP contribution in [-0.4, -0.2) is 48.0 Å². The van der Waals surface area contributed by atoms with Gasteiger partial charge in [0, 0.05) is 20.2 Å². The van der Waals surface area contributed by atoms with E-state index in [0.717, 1.165) is 6.54 Å². The lowest BCUT2D eigenvalue weighted by molar-refractivity contribution is 0.0779. The summed E-state index contributed by atoms with van der Waals surface area (Å²) in [4.78, 5) is 12.5. The second-order valence-corrected chi connectivity index (χ2v) is 5.54. The van der Waals surface area contributed by atoms with Crippen molar-refractivity contribution in [2.75, 3.05) is 20.2 Å². The third-order valence-electron chi connectivity index (χ3n) is 4.10. The van der Waals surface area contributed by atoms with Crippen molar-refractivity contribution < 1.29 is 13.9 Å². The van der Waals surface area contributed by atoms with Gasteiger partial charge >= 0.3 is 0 Å². The van der Waals surface area contributed by atoms with Crippen LogP contribution in [-0.2, 0) is 4.74 Å². The zero-order valence-electron chi connectivity index (χ0n) is 13.0. The van der Waals surface area contributed by atoms with E-state index in [2.05, 4.69) is 15.7 Å². The number of hydrogen-bond donors (Lipinski definition) is 2. The maximum Gasteiger partial charge on any atom is 0.255 e. The molecule has 1 aromatic carbocycles. The number of carbonyl (C=O) groups excluding carboxylic acids is 1. The minimum Gasteiger partial charge on any atom is -0.378 e. The third kappa shape index (κ3) is 3.11. The summed E-state index contributed by atoms with van der Waals surface area (Å²) in [5.74, 6) is -0.498. The van der Waals surface area contributed by atoms with Crippen LogP contribution in [0.2, 0.25) is 0 Å². The molecule has 0 spiro atoms. The molecule has 23 heavy (non-hydrogen) atoms. The Balaban J connectivity index is 1.78. The van der Waals surface area contributed by atoms with Crippen LogP contribution in [0.4, 0.5) is 4.39 Å². The van der Waals surface area contributed by atoms with Gasteiger partial charge in [-0.3, -0.25) is 4.79 Å². The fourth-order valence-electron chi connectivity index (χ4n) is 2.77. The third-order valence-corrected chi connectivity index (χ3v) is 4.10. The number of hydrogen-bond acceptors (Lipinski definition) is 4. The minimum absolute atomic E-state index is 0.0357. The molecule has 2 N–H and O–H groups in total. The van der Waals surface area contributed by atoms with E-state index >= 15 is 0 Å². The Labute approximate surface area is 133 Å². The molecule has 0 aliphatic carbocycles. The normalized spacial score (nSPS) is 20.7. The van der Waals surface area contributed by atoms with E-state index in [9.17, 15) is 9.18 Å². The monoisotopic (exact) mass is 318 g/mol. The smallest absolute Gasteiger partial charge is 0.255 e. The first-order chi connectivity index (χ1) is 11.1. The largest absolute Gasteiger partial charge is 0.378 e. The van der Waals surface area contributed by atoms with Gasteiger partial charge in [-0.15, -0.1) is 0 Å². The predicted molar refractivity (Wildman–Crippen MR) is 83.2 cm³/mol. The van der Waals surface area contributed by atoms with Crippen LogP contribution in [0.5, 0.6) is 0 Å². The lowest BCUT2D eigenvalue weighted by Crippen LogP contribution is -2.43. The van der Waals surface area contributed by atoms with Crippen molar-refractivity contribution in [3.05, 3.63) is 47.5 Å². The number of amides is 1. The van der Waals surface area contributed by atoms with Crippen LogP contribution in [0.25, 0.3) is 5.69 Å². The van der Waals surface area contributed by atoms with Crippen molar-refractivity contribution in [3.63, 3.8) is 0 Å². The molecule has 1 saturated heterocycles. The molecular formula is C16H19FN4O2. The number of aromatic nitrogens is 2. The average molecular weight is 318 g/mol. The molecule has 0 radical (unpaired) electrons. The molecule has 7 heteroatoms. The highest BCUT2D eigenvalue weighted by Gasteiger charge is 2.29. The quantitative estimate of drug-likeness (QED) is 0.884. The zero-order chi connectivity index (χ0) is 16.4. The Hall–Kier alpha value is -2.25. The van der Waals surface area contributed by atoms with Gasteiger partial charge in [-0.25, -0.2) is 9.07 Å². The lowest BCUT2D eigenvalue weighted by atomic mass is 10.2. The maximum atomic E-state index is 13.0. The van der Waals surface area contributed by atoms with E-state index in [4.69, 9.17) is 4.74 Å². The van der Waals surface area contributed by atoms with E-state index in [1.165, 1.54) is 18.3 Å². The molecule has 2 heterocycles. The van der Waals surface area contributed by atoms with Gasteiger partial charge in [-0.1, -0.05) is 0 Å². The highest BCUT2D eigenvalue weighted by molar-refractivity contribution is 5.95. The second-order valence-electron chi connectivity index (χ2n) is 5.54. The number of rotatable bonds is 4. The highest BCUT2D eigenvalue weighted by atomic mass is 19.1. The molecule has 3 rings (SSSR count). The van der Waals surface area contributed by atoms with Gasteiger partial charge in [0.25, 0.3) is 5.91 Å². The summed E-state index contributed by atoms with van der Waals surface area (Å²) in [5, 5.41) is 10.4. The molecule has 2 atom stereocenters. The standard InChI is InChI=1S/C16H19FN4O2/c1-10-13(16(22)20-14-8-18-9-15(14)23-2)7-19-21(10)12-5-3-11(17)4-6-12/h3-7,14-15,18H,8-9H2,1-2H3,(H,20,22)/t14?,15-/m0/s1. The van der Waals surface area contributed by atoms with E-state index in [1.54, 1.807) is 23.9 Å². The first-order valence-corrected chi connectivity index (χ1v) is 7.45. The number of nitrogens with one attached hydrogen (secondary N) is 2. The molecule has 6 nitrogen and oxygen atoms in total. The first kappa shape index (κ1) is 15.6. The molecule has 1 aliphatic rings.